The van der Waals surface area contributed by atoms with Crippen LogP contribution < -0.4 is 10.5 Å². The second kappa shape index (κ2) is 5.97. The summed E-state index contributed by atoms with van der Waals surface area (Å²) in [6, 6.07) is 2.76. The van der Waals surface area contributed by atoms with Crippen LogP contribution >= 0.6 is 0 Å². The molecule has 2 atom stereocenters. The zero-order valence-corrected chi connectivity index (χ0v) is 10.2. The summed E-state index contributed by atoms with van der Waals surface area (Å²) < 4.78 is 44.1. The highest BCUT2D eigenvalue weighted by Gasteiger charge is 2.32. The Morgan fingerprint density at radius 2 is 1.95 bits per heavy atom. The Kier molecular flexibility index (Phi) is 4.79. The number of methoxy groups -OCH3 is 1. The number of halogens is 3. The van der Waals surface area contributed by atoms with Crippen molar-refractivity contribution in [3.8, 4) is 5.75 Å². The average molecular weight is 295 g/mol. The van der Waals surface area contributed by atoms with Crippen LogP contribution in [0.3, 0.4) is 0 Å². The summed E-state index contributed by atoms with van der Waals surface area (Å²) in [6.07, 6.45) is -8.75. The molecule has 0 amide bonds. The number of nitrogens with two attached hydrogens (primary N) is 1. The molecule has 6 nitrogen and oxygen atoms in total. The smallest absolute Gasteiger partial charge is 0.467 e. The third-order valence-corrected chi connectivity index (χ3v) is 2.35. The van der Waals surface area contributed by atoms with Crippen molar-refractivity contribution in [3.05, 3.63) is 23.8 Å². The van der Waals surface area contributed by atoms with Gasteiger partial charge in [0.15, 0.2) is 6.10 Å². The zero-order valence-electron chi connectivity index (χ0n) is 10.2. The van der Waals surface area contributed by atoms with Crippen LogP contribution in [-0.2, 0) is 9.53 Å². The van der Waals surface area contributed by atoms with Crippen molar-refractivity contribution in [3.63, 3.8) is 0 Å². The van der Waals surface area contributed by atoms with Gasteiger partial charge in [-0.1, -0.05) is 0 Å². The van der Waals surface area contributed by atoms with Crippen molar-refractivity contribution in [1.29, 1.82) is 0 Å². The van der Waals surface area contributed by atoms with E-state index in [1.165, 1.54) is 0 Å². The van der Waals surface area contributed by atoms with Gasteiger partial charge in [-0.2, -0.15) is 0 Å². The van der Waals surface area contributed by atoms with Crippen LogP contribution in [0.15, 0.2) is 18.2 Å². The number of anilines is 1. The first-order chi connectivity index (χ1) is 9.15. The Bertz CT molecular complexity index is 491. The first-order valence-corrected chi connectivity index (χ1v) is 5.25. The minimum absolute atomic E-state index is 0.116. The molecule has 1 aromatic carbocycles. The Hall–Kier alpha value is -2.00. The molecule has 0 aliphatic heterocycles. The van der Waals surface area contributed by atoms with E-state index < -0.39 is 30.3 Å². The number of aliphatic hydroxyl groups is 2. The largest absolute Gasteiger partial charge is 0.573 e. The number of carbonyl (C=O) groups excluding carboxylic acids is 1. The lowest BCUT2D eigenvalue weighted by Gasteiger charge is -2.19. The first kappa shape index (κ1) is 16.1. The van der Waals surface area contributed by atoms with Gasteiger partial charge in [0.05, 0.1) is 7.11 Å². The van der Waals surface area contributed by atoms with E-state index in [0.29, 0.717) is 0 Å². The maximum Gasteiger partial charge on any atom is 0.573 e. The predicted octanol–water partition coefficient (Wildman–Crippen LogP) is 0.735. The number of benzene rings is 1. The number of carbonyl (C=O) groups is 1. The van der Waals surface area contributed by atoms with Gasteiger partial charge < -0.3 is 25.4 Å². The fourth-order valence-electron chi connectivity index (χ4n) is 1.43. The summed E-state index contributed by atoms with van der Waals surface area (Å²) >= 11 is 0. The molecule has 20 heavy (non-hydrogen) atoms. The molecule has 0 fully saturated rings. The number of hydrogen-bond acceptors (Lipinski definition) is 6. The molecule has 4 N–H and O–H groups in total. The number of nitrogen functional groups attached to an aromatic ring is 1. The highest BCUT2D eigenvalue weighted by atomic mass is 19.4. The monoisotopic (exact) mass is 295 g/mol. The highest BCUT2D eigenvalue weighted by molar-refractivity contribution is 5.75. The highest BCUT2D eigenvalue weighted by Crippen LogP contribution is 2.30. The maximum absolute atomic E-state index is 12.1. The van der Waals surface area contributed by atoms with E-state index in [1.807, 2.05) is 0 Å². The minimum Gasteiger partial charge on any atom is -0.467 e. The molecule has 0 saturated heterocycles. The van der Waals surface area contributed by atoms with Crippen LogP contribution in [0.25, 0.3) is 0 Å². The van der Waals surface area contributed by atoms with Gasteiger partial charge in [-0.3, -0.25) is 0 Å². The van der Waals surface area contributed by atoms with Crippen LogP contribution in [-0.4, -0.2) is 35.8 Å². The number of esters is 1. The zero-order chi connectivity index (χ0) is 15.5. The third-order valence-electron chi connectivity index (χ3n) is 2.35. The molecule has 0 heterocycles. The van der Waals surface area contributed by atoms with E-state index in [-0.39, 0.29) is 11.3 Å². The molecule has 0 radical (unpaired) electrons. The third kappa shape index (κ3) is 4.00. The van der Waals surface area contributed by atoms with Crippen LogP contribution in [0.4, 0.5) is 18.9 Å². The van der Waals surface area contributed by atoms with Crippen molar-refractivity contribution in [1.82, 2.24) is 0 Å². The van der Waals surface area contributed by atoms with Gasteiger partial charge in [0, 0.05) is 11.3 Å². The minimum atomic E-state index is -4.92. The molecule has 0 bridgehead atoms. The van der Waals surface area contributed by atoms with E-state index in [0.717, 1.165) is 25.3 Å². The van der Waals surface area contributed by atoms with Crippen LogP contribution in [0, 0.1) is 0 Å². The molecule has 0 saturated carbocycles. The quantitative estimate of drug-likeness (QED) is 0.559. The van der Waals surface area contributed by atoms with Gasteiger partial charge in [0.2, 0.25) is 0 Å². The van der Waals surface area contributed by atoms with Gasteiger partial charge >= 0.3 is 12.3 Å². The lowest BCUT2D eigenvalue weighted by atomic mass is 10.0. The van der Waals surface area contributed by atoms with Gasteiger partial charge in [-0.15, -0.1) is 13.2 Å². The van der Waals surface area contributed by atoms with Gasteiger partial charge in [0.25, 0.3) is 0 Å². The van der Waals surface area contributed by atoms with E-state index in [1.54, 1.807) is 0 Å². The summed E-state index contributed by atoms with van der Waals surface area (Å²) in [7, 11) is 0.977. The lowest BCUT2D eigenvalue weighted by Crippen LogP contribution is -2.29. The van der Waals surface area contributed by atoms with Crippen molar-refractivity contribution in [2.45, 2.75) is 18.6 Å². The van der Waals surface area contributed by atoms with E-state index in [2.05, 4.69) is 9.47 Å². The summed E-state index contributed by atoms with van der Waals surface area (Å²) in [5.74, 6) is -1.79. The molecule has 2 unspecified atom stereocenters. The standard InChI is InChI=1S/C11H12F3NO5/c1-19-10(18)9(17)8(16)6-4-5(2-3-7(6)15)20-11(12,13)14/h2-4,8-9,16-17H,15H2,1H3. The molecule has 0 aromatic heterocycles. The van der Waals surface area contributed by atoms with Crippen LogP contribution in [0.2, 0.25) is 0 Å². The SMILES string of the molecule is COC(=O)C(O)C(O)c1cc(OC(F)(F)F)ccc1N. The van der Waals surface area contributed by atoms with Crippen molar-refractivity contribution in [2.75, 3.05) is 12.8 Å². The molecular weight excluding hydrogens is 283 g/mol. The topological polar surface area (TPSA) is 102 Å². The Labute approximate surface area is 111 Å². The summed E-state index contributed by atoms with van der Waals surface area (Å²) in [5, 5.41) is 19.2. The van der Waals surface area contributed by atoms with E-state index >= 15 is 0 Å². The van der Waals surface area contributed by atoms with Crippen molar-refractivity contribution < 1.29 is 37.7 Å². The predicted molar refractivity (Wildman–Crippen MR) is 60.5 cm³/mol. The fraction of sp³-hybridized carbons (Fsp3) is 0.364. The van der Waals surface area contributed by atoms with Crippen molar-refractivity contribution in [2.24, 2.45) is 0 Å². The first-order valence-electron chi connectivity index (χ1n) is 5.25. The Balaban J connectivity index is 3.05. The summed E-state index contributed by atoms with van der Waals surface area (Å²) in [6.45, 7) is 0. The normalized spacial score (nSPS) is 14.5. The Morgan fingerprint density at radius 3 is 2.45 bits per heavy atom. The molecule has 0 aliphatic carbocycles. The number of ether oxygens (including phenoxy) is 2. The maximum atomic E-state index is 12.1. The Morgan fingerprint density at radius 1 is 1.35 bits per heavy atom. The molecule has 9 heteroatoms. The van der Waals surface area contributed by atoms with Crippen molar-refractivity contribution >= 4 is 11.7 Å². The number of aliphatic hydroxyl groups excluding tert-OH is 2. The molecule has 0 aliphatic rings. The molecule has 112 valence electrons. The van der Waals surface area contributed by atoms with Gasteiger partial charge in [-0.25, -0.2) is 4.79 Å². The summed E-state index contributed by atoms with van der Waals surface area (Å²) in [4.78, 5) is 11.1. The number of alkyl halides is 3. The van der Waals surface area contributed by atoms with E-state index in [4.69, 9.17) is 5.73 Å². The van der Waals surface area contributed by atoms with Crippen LogP contribution in [0.1, 0.15) is 11.7 Å². The molecular formula is C11H12F3NO5. The number of rotatable bonds is 4. The number of hydrogen-bond donors (Lipinski definition) is 3. The fourth-order valence-corrected chi connectivity index (χ4v) is 1.43. The van der Waals surface area contributed by atoms with Crippen LogP contribution in [0.5, 0.6) is 5.75 Å². The second-order valence-electron chi connectivity index (χ2n) is 3.75. The molecule has 1 aromatic rings. The van der Waals surface area contributed by atoms with Gasteiger partial charge in [0.1, 0.15) is 11.9 Å². The summed E-state index contributed by atoms with van der Waals surface area (Å²) in [5.41, 5.74) is 5.07. The van der Waals surface area contributed by atoms with E-state index in [9.17, 15) is 28.2 Å². The molecule has 1 rings (SSSR count). The molecule has 0 spiro atoms. The second-order valence-corrected chi connectivity index (χ2v) is 3.75. The van der Waals surface area contributed by atoms with Gasteiger partial charge in [-0.05, 0) is 18.2 Å². The average Bonchev–Trinajstić information content (AvgIpc) is 2.36. The lowest BCUT2D eigenvalue weighted by molar-refractivity contribution is -0.274.